The van der Waals surface area contributed by atoms with E-state index in [4.69, 9.17) is 15.6 Å². The number of aliphatic imine (C=N–C) groups is 1. The highest BCUT2D eigenvalue weighted by atomic mass is 16.5. The van der Waals surface area contributed by atoms with Crippen LogP contribution in [0.1, 0.15) is 20.8 Å². The zero-order valence-corrected chi connectivity index (χ0v) is 8.60. The number of hydrogen-bond donors (Lipinski definition) is 2. The van der Waals surface area contributed by atoms with Crippen LogP contribution in [0.3, 0.4) is 0 Å². The van der Waals surface area contributed by atoms with E-state index in [1.165, 1.54) is 0 Å². The number of rotatable bonds is 3. The van der Waals surface area contributed by atoms with E-state index < -0.39 is 18.1 Å². The lowest BCUT2D eigenvalue weighted by molar-refractivity contribution is -0.139. The topological polar surface area (TPSA) is 84.9 Å². The summed E-state index contributed by atoms with van der Waals surface area (Å²) in [7, 11) is 0. The standard InChI is InChI=1S/C9H16N2O3/c1-4(2)6(10)8-11-7(9(12)13)5(3)14-8/h4-7H,10H2,1-3H3,(H,12,13)/t5-,6+,7+/m1/s1. The summed E-state index contributed by atoms with van der Waals surface area (Å²) in [5, 5.41) is 8.79. The fraction of sp³-hybridized carbons (Fsp3) is 0.778. The van der Waals surface area contributed by atoms with Gasteiger partial charge < -0.3 is 15.6 Å². The van der Waals surface area contributed by atoms with Gasteiger partial charge in [0.15, 0.2) is 6.04 Å². The van der Waals surface area contributed by atoms with Gasteiger partial charge in [0.25, 0.3) is 0 Å². The number of ether oxygens (including phenoxy) is 1. The Balaban J connectivity index is 2.75. The van der Waals surface area contributed by atoms with E-state index in [1.807, 2.05) is 13.8 Å². The largest absolute Gasteiger partial charge is 0.480 e. The zero-order chi connectivity index (χ0) is 10.9. The Morgan fingerprint density at radius 2 is 2.21 bits per heavy atom. The summed E-state index contributed by atoms with van der Waals surface area (Å²) in [5.74, 6) is -0.420. The van der Waals surface area contributed by atoms with Crippen LogP contribution in [0.15, 0.2) is 4.99 Å². The van der Waals surface area contributed by atoms with Crippen molar-refractivity contribution in [2.24, 2.45) is 16.6 Å². The molecule has 0 aromatic rings. The Morgan fingerprint density at radius 1 is 1.64 bits per heavy atom. The Morgan fingerprint density at radius 3 is 2.57 bits per heavy atom. The minimum atomic E-state index is -0.969. The maximum Gasteiger partial charge on any atom is 0.332 e. The van der Waals surface area contributed by atoms with Gasteiger partial charge in [-0.25, -0.2) is 9.79 Å². The molecular formula is C9H16N2O3. The van der Waals surface area contributed by atoms with Crippen molar-refractivity contribution in [3.05, 3.63) is 0 Å². The van der Waals surface area contributed by atoms with Gasteiger partial charge >= 0.3 is 5.97 Å². The van der Waals surface area contributed by atoms with Crippen molar-refractivity contribution in [3.8, 4) is 0 Å². The van der Waals surface area contributed by atoms with Crippen LogP contribution in [0, 0.1) is 5.92 Å². The van der Waals surface area contributed by atoms with Gasteiger partial charge in [0.2, 0.25) is 5.90 Å². The monoisotopic (exact) mass is 200 g/mol. The molecule has 0 unspecified atom stereocenters. The first kappa shape index (κ1) is 11.0. The smallest absolute Gasteiger partial charge is 0.332 e. The first-order valence-corrected chi connectivity index (χ1v) is 4.66. The SMILES string of the molecule is CC(C)[C@H](N)C1=N[C@H](C(=O)O)[C@@H](C)O1. The quantitative estimate of drug-likeness (QED) is 0.683. The molecule has 80 valence electrons. The second-order valence-corrected chi connectivity index (χ2v) is 3.84. The van der Waals surface area contributed by atoms with Crippen LogP contribution in [0.25, 0.3) is 0 Å². The highest BCUT2D eigenvalue weighted by Crippen LogP contribution is 2.17. The molecule has 1 heterocycles. The average molecular weight is 200 g/mol. The number of carbonyl (C=O) groups is 1. The molecule has 0 aromatic carbocycles. The molecule has 1 aliphatic rings. The molecule has 5 nitrogen and oxygen atoms in total. The molecule has 3 atom stereocenters. The van der Waals surface area contributed by atoms with Crippen molar-refractivity contribution < 1.29 is 14.6 Å². The molecule has 0 fully saturated rings. The third-order valence-corrected chi connectivity index (χ3v) is 2.27. The molecule has 0 spiro atoms. The predicted molar refractivity (Wildman–Crippen MR) is 52.2 cm³/mol. The van der Waals surface area contributed by atoms with E-state index in [0.29, 0.717) is 5.90 Å². The molecular weight excluding hydrogens is 184 g/mol. The first-order valence-electron chi connectivity index (χ1n) is 4.66. The summed E-state index contributed by atoms with van der Waals surface area (Å²) in [6.07, 6.45) is -0.424. The third kappa shape index (κ3) is 2.04. The van der Waals surface area contributed by atoms with Gasteiger partial charge in [-0.3, -0.25) is 0 Å². The van der Waals surface area contributed by atoms with Crippen LogP contribution in [-0.4, -0.2) is 35.2 Å². The average Bonchev–Trinajstić information content (AvgIpc) is 2.45. The predicted octanol–water partition coefficient (Wildman–Crippen LogP) is 0.240. The lowest BCUT2D eigenvalue weighted by Crippen LogP contribution is -2.36. The van der Waals surface area contributed by atoms with Crippen molar-refractivity contribution >= 4 is 11.9 Å². The number of carboxylic acid groups (broad SMARTS) is 1. The zero-order valence-electron chi connectivity index (χ0n) is 8.60. The molecule has 3 N–H and O–H groups in total. The molecule has 0 aliphatic carbocycles. The first-order chi connectivity index (χ1) is 6.43. The fourth-order valence-corrected chi connectivity index (χ4v) is 1.23. The Labute approximate surface area is 83.0 Å². The van der Waals surface area contributed by atoms with Crippen molar-refractivity contribution in [2.75, 3.05) is 0 Å². The van der Waals surface area contributed by atoms with E-state index >= 15 is 0 Å². The van der Waals surface area contributed by atoms with Gasteiger partial charge in [-0.1, -0.05) is 13.8 Å². The van der Waals surface area contributed by atoms with Gasteiger partial charge in [-0.05, 0) is 12.8 Å². The van der Waals surface area contributed by atoms with Gasteiger partial charge in [0, 0.05) is 0 Å². The Kier molecular flexibility index (Phi) is 3.10. The Hall–Kier alpha value is -1.10. The lowest BCUT2D eigenvalue weighted by Gasteiger charge is -2.16. The number of aliphatic carboxylic acids is 1. The summed E-state index contributed by atoms with van der Waals surface area (Å²) >= 11 is 0. The van der Waals surface area contributed by atoms with Crippen molar-refractivity contribution in [3.63, 3.8) is 0 Å². The van der Waals surface area contributed by atoms with Gasteiger partial charge in [0.1, 0.15) is 6.10 Å². The summed E-state index contributed by atoms with van der Waals surface area (Å²) in [5.41, 5.74) is 5.80. The molecule has 0 radical (unpaired) electrons. The Bertz CT molecular complexity index is 263. The minimum absolute atomic E-state index is 0.188. The van der Waals surface area contributed by atoms with Crippen LogP contribution in [-0.2, 0) is 9.53 Å². The van der Waals surface area contributed by atoms with E-state index in [0.717, 1.165) is 0 Å². The molecule has 0 aromatic heterocycles. The normalized spacial score (nSPS) is 28.5. The van der Waals surface area contributed by atoms with E-state index in [9.17, 15) is 4.79 Å². The number of carboxylic acids is 1. The van der Waals surface area contributed by atoms with Crippen LogP contribution in [0.2, 0.25) is 0 Å². The molecule has 1 rings (SSSR count). The second kappa shape index (κ2) is 3.96. The highest BCUT2D eigenvalue weighted by Gasteiger charge is 2.35. The molecule has 1 aliphatic heterocycles. The summed E-state index contributed by atoms with van der Waals surface area (Å²) < 4.78 is 5.30. The van der Waals surface area contributed by atoms with Crippen molar-refractivity contribution in [2.45, 2.75) is 39.0 Å². The van der Waals surface area contributed by atoms with Crippen LogP contribution < -0.4 is 5.73 Å². The summed E-state index contributed by atoms with van der Waals surface area (Å²) in [4.78, 5) is 14.7. The fourth-order valence-electron chi connectivity index (χ4n) is 1.23. The van der Waals surface area contributed by atoms with E-state index in [1.54, 1.807) is 6.92 Å². The minimum Gasteiger partial charge on any atom is -0.480 e. The number of nitrogens with two attached hydrogens (primary N) is 1. The van der Waals surface area contributed by atoms with Crippen LogP contribution in [0.4, 0.5) is 0 Å². The van der Waals surface area contributed by atoms with Gasteiger partial charge in [-0.15, -0.1) is 0 Å². The molecule has 0 bridgehead atoms. The van der Waals surface area contributed by atoms with Crippen LogP contribution in [0.5, 0.6) is 0 Å². The molecule has 0 saturated heterocycles. The maximum atomic E-state index is 10.7. The van der Waals surface area contributed by atoms with Gasteiger partial charge in [-0.2, -0.15) is 0 Å². The highest BCUT2D eigenvalue weighted by molar-refractivity contribution is 5.88. The maximum absolute atomic E-state index is 10.7. The number of hydrogen-bond acceptors (Lipinski definition) is 4. The molecule has 0 saturated carbocycles. The second-order valence-electron chi connectivity index (χ2n) is 3.84. The third-order valence-electron chi connectivity index (χ3n) is 2.27. The van der Waals surface area contributed by atoms with Gasteiger partial charge in [0.05, 0.1) is 6.04 Å². The van der Waals surface area contributed by atoms with Crippen LogP contribution >= 0.6 is 0 Å². The molecule has 5 heteroatoms. The van der Waals surface area contributed by atoms with Crippen molar-refractivity contribution in [1.82, 2.24) is 0 Å². The van der Waals surface area contributed by atoms with Crippen molar-refractivity contribution in [1.29, 1.82) is 0 Å². The number of nitrogens with zero attached hydrogens (tertiary/aromatic N) is 1. The van der Waals surface area contributed by atoms with E-state index in [2.05, 4.69) is 4.99 Å². The summed E-state index contributed by atoms with van der Waals surface area (Å²) in [6.45, 7) is 5.56. The summed E-state index contributed by atoms with van der Waals surface area (Å²) in [6, 6.07) is -1.13. The molecule has 0 amide bonds. The molecule has 14 heavy (non-hydrogen) atoms. The van der Waals surface area contributed by atoms with E-state index in [-0.39, 0.29) is 12.0 Å². The lowest BCUT2D eigenvalue weighted by atomic mass is 10.1.